The van der Waals surface area contributed by atoms with E-state index in [1.54, 1.807) is 13.1 Å². The van der Waals surface area contributed by atoms with Gasteiger partial charge in [0, 0.05) is 11.6 Å². The van der Waals surface area contributed by atoms with Crippen LogP contribution in [0.25, 0.3) is 11.4 Å². The number of hydrogen-bond acceptors (Lipinski definition) is 4. The molecule has 1 atom stereocenters. The zero-order valence-corrected chi connectivity index (χ0v) is 10.2. The first-order chi connectivity index (χ1) is 8.16. The zero-order valence-electron chi connectivity index (χ0n) is 9.38. The number of nitrogens with zero attached hydrogens (tertiary/aromatic N) is 2. The van der Waals surface area contributed by atoms with Gasteiger partial charge in [0.25, 0.3) is 5.91 Å². The minimum Gasteiger partial charge on any atom is -0.348 e. The van der Waals surface area contributed by atoms with Crippen LogP contribution < -0.4 is 11.1 Å². The number of thiazole rings is 1. The van der Waals surface area contributed by atoms with Crippen LogP contribution in [0.2, 0.25) is 0 Å². The molecule has 5 nitrogen and oxygen atoms in total. The van der Waals surface area contributed by atoms with E-state index in [4.69, 9.17) is 0 Å². The number of pyridine rings is 1. The van der Waals surface area contributed by atoms with Crippen molar-refractivity contribution in [2.24, 2.45) is 0 Å². The summed E-state index contributed by atoms with van der Waals surface area (Å²) in [6.45, 7) is 1.74. The van der Waals surface area contributed by atoms with Crippen LogP contribution in [0.4, 0.5) is 5.13 Å². The standard InChI is InChI=1S/C11H12N4OS/c1-7(12)10(16)15-11-14-9(6-17-11)8-4-2-3-5-13-8/h2-7H,12H2,1H3,(H,14,15,16)/p+1. The van der Waals surface area contributed by atoms with E-state index in [0.29, 0.717) is 5.13 Å². The Bertz CT molecular complexity index is 509. The van der Waals surface area contributed by atoms with Crippen molar-refractivity contribution in [3.63, 3.8) is 0 Å². The topological polar surface area (TPSA) is 82.5 Å². The molecule has 2 aromatic rings. The maximum absolute atomic E-state index is 11.4. The summed E-state index contributed by atoms with van der Waals surface area (Å²) >= 11 is 1.38. The Morgan fingerprint density at radius 1 is 1.47 bits per heavy atom. The summed E-state index contributed by atoms with van der Waals surface area (Å²) in [5.74, 6) is -0.132. The van der Waals surface area contributed by atoms with E-state index < -0.39 is 0 Å². The maximum Gasteiger partial charge on any atom is 0.283 e. The maximum atomic E-state index is 11.4. The molecule has 0 saturated carbocycles. The highest BCUT2D eigenvalue weighted by molar-refractivity contribution is 7.14. The van der Waals surface area contributed by atoms with Crippen molar-refractivity contribution in [3.8, 4) is 11.4 Å². The van der Waals surface area contributed by atoms with Crippen molar-refractivity contribution in [1.82, 2.24) is 9.97 Å². The highest BCUT2D eigenvalue weighted by Crippen LogP contribution is 2.22. The number of carbonyl (C=O) groups is 1. The minimum atomic E-state index is -0.294. The largest absolute Gasteiger partial charge is 0.348 e. The van der Waals surface area contributed by atoms with Gasteiger partial charge in [0.2, 0.25) is 0 Å². The van der Waals surface area contributed by atoms with E-state index in [0.717, 1.165) is 11.4 Å². The number of quaternary nitrogens is 1. The van der Waals surface area contributed by atoms with Gasteiger partial charge in [-0.2, -0.15) is 0 Å². The molecule has 0 aliphatic carbocycles. The molecule has 0 aromatic carbocycles. The summed E-state index contributed by atoms with van der Waals surface area (Å²) < 4.78 is 0. The van der Waals surface area contributed by atoms with Gasteiger partial charge in [0.15, 0.2) is 11.2 Å². The Labute approximate surface area is 103 Å². The first-order valence-corrected chi connectivity index (χ1v) is 6.05. The van der Waals surface area contributed by atoms with Crippen LogP contribution in [-0.2, 0) is 4.79 Å². The Hall–Kier alpha value is -1.79. The molecule has 0 radical (unpaired) electrons. The highest BCUT2D eigenvalue weighted by atomic mass is 32.1. The number of anilines is 1. The van der Waals surface area contributed by atoms with Gasteiger partial charge in [0.05, 0.1) is 5.69 Å². The molecule has 4 N–H and O–H groups in total. The molecular weight excluding hydrogens is 236 g/mol. The second kappa shape index (κ2) is 5.03. The van der Waals surface area contributed by atoms with Crippen LogP contribution >= 0.6 is 11.3 Å². The highest BCUT2D eigenvalue weighted by Gasteiger charge is 2.13. The van der Waals surface area contributed by atoms with Gasteiger partial charge in [-0.3, -0.25) is 15.1 Å². The predicted octanol–water partition coefficient (Wildman–Crippen LogP) is 0.774. The molecule has 0 bridgehead atoms. The van der Waals surface area contributed by atoms with E-state index in [1.165, 1.54) is 11.3 Å². The summed E-state index contributed by atoms with van der Waals surface area (Å²) in [7, 11) is 0. The monoisotopic (exact) mass is 249 g/mol. The minimum absolute atomic E-state index is 0.132. The Morgan fingerprint density at radius 3 is 2.94 bits per heavy atom. The number of carbonyl (C=O) groups excluding carboxylic acids is 1. The van der Waals surface area contributed by atoms with Crippen molar-refractivity contribution in [3.05, 3.63) is 29.8 Å². The summed E-state index contributed by atoms with van der Waals surface area (Å²) in [6.07, 6.45) is 1.71. The summed E-state index contributed by atoms with van der Waals surface area (Å²) in [5, 5.41) is 5.15. The Morgan fingerprint density at radius 2 is 2.29 bits per heavy atom. The quantitative estimate of drug-likeness (QED) is 0.843. The molecule has 88 valence electrons. The smallest absolute Gasteiger partial charge is 0.283 e. The van der Waals surface area contributed by atoms with Crippen molar-refractivity contribution in [1.29, 1.82) is 0 Å². The molecule has 0 saturated heterocycles. The first kappa shape index (κ1) is 11.7. The van der Waals surface area contributed by atoms with Crippen LogP contribution in [0.3, 0.4) is 0 Å². The predicted molar refractivity (Wildman–Crippen MR) is 66.3 cm³/mol. The van der Waals surface area contributed by atoms with Gasteiger partial charge in [-0.05, 0) is 19.1 Å². The van der Waals surface area contributed by atoms with E-state index in [2.05, 4.69) is 21.0 Å². The fourth-order valence-electron chi connectivity index (χ4n) is 1.19. The van der Waals surface area contributed by atoms with Gasteiger partial charge in [-0.25, -0.2) is 4.98 Å². The number of nitrogens with one attached hydrogen (secondary N) is 1. The molecule has 0 spiro atoms. The van der Waals surface area contributed by atoms with Crippen molar-refractivity contribution in [2.75, 3.05) is 5.32 Å². The third kappa shape index (κ3) is 2.86. The average Bonchev–Trinajstić information content (AvgIpc) is 2.78. The van der Waals surface area contributed by atoms with Gasteiger partial charge in [0.1, 0.15) is 5.69 Å². The summed E-state index contributed by atoms with van der Waals surface area (Å²) in [6, 6.07) is 5.34. The van der Waals surface area contributed by atoms with Crippen LogP contribution in [0.5, 0.6) is 0 Å². The fourth-order valence-corrected chi connectivity index (χ4v) is 1.90. The van der Waals surface area contributed by atoms with Crippen molar-refractivity contribution >= 4 is 22.4 Å². The molecule has 0 aliphatic rings. The molecule has 2 heterocycles. The lowest BCUT2D eigenvalue weighted by atomic mass is 10.3. The lowest BCUT2D eigenvalue weighted by Crippen LogP contribution is -2.64. The van der Waals surface area contributed by atoms with Gasteiger partial charge in [-0.15, -0.1) is 11.3 Å². The van der Waals surface area contributed by atoms with E-state index in [1.807, 2.05) is 23.6 Å². The molecule has 1 unspecified atom stereocenters. The SMILES string of the molecule is CC([NH3+])C(=O)Nc1nc(-c2ccccn2)cs1. The van der Waals surface area contributed by atoms with Gasteiger partial charge in [-0.1, -0.05) is 6.07 Å². The van der Waals surface area contributed by atoms with E-state index >= 15 is 0 Å². The molecule has 0 fully saturated rings. The van der Waals surface area contributed by atoms with Crippen molar-refractivity contribution < 1.29 is 10.5 Å². The molecule has 6 heteroatoms. The first-order valence-electron chi connectivity index (χ1n) is 5.17. The second-order valence-electron chi connectivity index (χ2n) is 3.64. The normalized spacial score (nSPS) is 12.1. The molecule has 0 aliphatic heterocycles. The summed E-state index contributed by atoms with van der Waals surface area (Å²) in [4.78, 5) is 19.9. The Balaban J connectivity index is 2.14. The third-order valence-corrected chi connectivity index (χ3v) is 2.87. The van der Waals surface area contributed by atoms with Gasteiger partial charge >= 0.3 is 0 Å². The summed E-state index contributed by atoms with van der Waals surface area (Å²) in [5.41, 5.74) is 5.22. The third-order valence-electron chi connectivity index (χ3n) is 2.11. The van der Waals surface area contributed by atoms with Crippen LogP contribution in [-0.4, -0.2) is 21.9 Å². The van der Waals surface area contributed by atoms with Crippen LogP contribution in [0.1, 0.15) is 6.92 Å². The molecular formula is C11H13N4OS+. The molecule has 1 amide bonds. The average molecular weight is 249 g/mol. The van der Waals surface area contributed by atoms with Gasteiger partial charge < -0.3 is 5.73 Å². The van der Waals surface area contributed by atoms with E-state index in [-0.39, 0.29) is 11.9 Å². The molecule has 2 rings (SSSR count). The molecule has 2 aromatic heterocycles. The Kier molecular flexibility index (Phi) is 3.46. The number of amides is 1. The van der Waals surface area contributed by atoms with E-state index in [9.17, 15) is 4.79 Å². The number of hydrogen-bond donors (Lipinski definition) is 2. The van der Waals surface area contributed by atoms with Crippen LogP contribution in [0.15, 0.2) is 29.8 Å². The molecule has 17 heavy (non-hydrogen) atoms. The lowest BCUT2D eigenvalue weighted by molar-refractivity contribution is -0.396. The van der Waals surface area contributed by atoms with Crippen LogP contribution in [0, 0.1) is 0 Å². The fraction of sp³-hybridized carbons (Fsp3) is 0.182. The lowest BCUT2D eigenvalue weighted by Gasteiger charge is -2.00. The van der Waals surface area contributed by atoms with Crippen molar-refractivity contribution in [2.45, 2.75) is 13.0 Å². The number of rotatable bonds is 3. The zero-order chi connectivity index (χ0) is 12.3. The number of aromatic nitrogens is 2. The second-order valence-corrected chi connectivity index (χ2v) is 4.50.